The fourth-order valence-electron chi connectivity index (χ4n) is 1.79. The van der Waals surface area contributed by atoms with Crippen LogP contribution in [0.15, 0.2) is 24.3 Å². The smallest absolute Gasteiger partial charge is 0.253 e. The minimum atomic E-state index is -0.193. The number of carbonyl (C=O) groups excluding carboxylic acids is 1. The molecule has 1 unspecified atom stereocenters. The van der Waals surface area contributed by atoms with Crippen LogP contribution in [-0.4, -0.2) is 23.7 Å². The van der Waals surface area contributed by atoms with Gasteiger partial charge in [0.15, 0.2) is 0 Å². The molecule has 0 radical (unpaired) electrons. The number of nitrogen functional groups attached to an aromatic ring is 1. The lowest BCUT2D eigenvalue weighted by molar-refractivity contribution is 0.0886. The lowest BCUT2D eigenvalue weighted by atomic mass is 9.84. The maximum Gasteiger partial charge on any atom is 0.253 e. The summed E-state index contributed by atoms with van der Waals surface area (Å²) in [4.78, 5) is 12.1. The van der Waals surface area contributed by atoms with Gasteiger partial charge in [-0.1, -0.05) is 32.9 Å². The average Bonchev–Trinajstić information content (AvgIpc) is 2.27. The van der Waals surface area contributed by atoms with Gasteiger partial charge in [0.2, 0.25) is 0 Å². The Kier molecular flexibility index (Phi) is 4.73. The van der Waals surface area contributed by atoms with Gasteiger partial charge in [-0.3, -0.25) is 4.79 Å². The van der Waals surface area contributed by atoms with Crippen LogP contribution in [0.1, 0.15) is 37.6 Å². The summed E-state index contributed by atoms with van der Waals surface area (Å²) in [6.07, 6.45) is 0.530. The van der Waals surface area contributed by atoms with Crippen LogP contribution in [-0.2, 0) is 0 Å². The highest BCUT2D eigenvalue weighted by atomic mass is 16.3. The van der Waals surface area contributed by atoms with E-state index in [4.69, 9.17) is 10.8 Å². The number of para-hydroxylation sites is 1. The van der Waals surface area contributed by atoms with Crippen molar-refractivity contribution in [3.8, 4) is 0 Å². The number of anilines is 1. The molecular weight excluding hydrogens is 228 g/mol. The molecule has 4 heteroatoms. The van der Waals surface area contributed by atoms with E-state index in [0.717, 1.165) is 0 Å². The molecule has 0 heterocycles. The SMILES string of the molecule is CC(C)(C)C(CCO)NC(=O)c1ccccc1N. The van der Waals surface area contributed by atoms with Crippen LogP contribution in [0.2, 0.25) is 0 Å². The third-order valence-corrected chi connectivity index (χ3v) is 2.97. The first-order valence-electron chi connectivity index (χ1n) is 6.12. The molecule has 100 valence electrons. The molecule has 0 bridgehead atoms. The third kappa shape index (κ3) is 3.74. The number of hydrogen-bond acceptors (Lipinski definition) is 3. The van der Waals surface area contributed by atoms with Crippen LogP contribution in [0.3, 0.4) is 0 Å². The van der Waals surface area contributed by atoms with Crippen LogP contribution < -0.4 is 11.1 Å². The van der Waals surface area contributed by atoms with Crippen LogP contribution in [0, 0.1) is 5.41 Å². The van der Waals surface area contributed by atoms with Gasteiger partial charge in [-0.15, -0.1) is 0 Å². The maximum atomic E-state index is 12.1. The number of nitrogens with two attached hydrogens (primary N) is 1. The Bertz CT molecular complexity index is 411. The standard InChI is InChI=1S/C14H22N2O2/c1-14(2,3)12(8-9-17)16-13(18)10-6-4-5-7-11(10)15/h4-7,12,17H,8-9,15H2,1-3H3,(H,16,18). The van der Waals surface area contributed by atoms with E-state index >= 15 is 0 Å². The van der Waals surface area contributed by atoms with Crippen LogP contribution in [0.25, 0.3) is 0 Å². The number of nitrogens with one attached hydrogen (secondary N) is 1. The number of hydrogen-bond donors (Lipinski definition) is 3. The summed E-state index contributed by atoms with van der Waals surface area (Å²) in [5, 5.41) is 12.0. The minimum absolute atomic E-state index is 0.0481. The van der Waals surface area contributed by atoms with Crippen molar-refractivity contribution in [2.75, 3.05) is 12.3 Å². The second kappa shape index (κ2) is 5.87. The highest BCUT2D eigenvalue weighted by Crippen LogP contribution is 2.22. The Morgan fingerprint density at radius 3 is 2.50 bits per heavy atom. The van der Waals surface area contributed by atoms with E-state index in [1.54, 1.807) is 24.3 Å². The fraction of sp³-hybridized carbons (Fsp3) is 0.500. The molecule has 0 aliphatic heterocycles. The van der Waals surface area contributed by atoms with Crippen LogP contribution in [0.5, 0.6) is 0 Å². The summed E-state index contributed by atoms with van der Waals surface area (Å²) < 4.78 is 0. The number of amides is 1. The first-order valence-corrected chi connectivity index (χ1v) is 6.12. The third-order valence-electron chi connectivity index (χ3n) is 2.97. The highest BCUT2D eigenvalue weighted by Gasteiger charge is 2.26. The Hall–Kier alpha value is -1.55. The molecule has 1 amide bonds. The van der Waals surface area contributed by atoms with Crippen molar-refractivity contribution in [1.29, 1.82) is 0 Å². The number of carbonyl (C=O) groups is 1. The molecular formula is C14H22N2O2. The number of rotatable bonds is 4. The Morgan fingerprint density at radius 2 is 2.00 bits per heavy atom. The lowest BCUT2D eigenvalue weighted by Crippen LogP contribution is -2.44. The summed E-state index contributed by atoms with van der Waals surface area (Å²) >= 11 is 0. The summed E-state index contributed by atoms with van der Waals surface area (Å²) in [6.45, 7) is 6.14. The van der Waals surface area contributed by atoms with E-state index in [1.165, 1.54) is 0 Å². The van der Waals surface area contributed by atoms with Gasteiger partial charge in [-0.05, 0) is 24.0 Å². The zero-order chi connectivity index (χ0) is 13.8. The van der Waals surface area contributed by atoms with Crippen molar-refractivity contribution < 1.29 is 9.90 Å². The normalized spacial score (nSPS) is 13.1. The van der Waals surface area contributed by atoms with Gasteiger partial charge < -0.3 is 16.2 Å². The maximum absolute atomic E-state index is 12.1. The van der Waals surface area contributed by atoms with Crippen LogP contribution >= 0.6 is 0 Å². The molecule has 1 aromatic carbocycles. The van der Waals surface area contributed by atoms with Gasteiger partial charge in [-0.25, -0.2) is 0 Å². The molecule has 4 N–H and O–H groups in total. The minimum Gasteiger partial charge on any atom is -0.398 e. The first kappa shape index (κ1) is 14.5. The van der Waals surface area contributed by atoms with Crippen LogP contribution in [0.4, 0.5) is 5.69 Å². The number of aliphatic hydroxyl groups excluding tert-OH is 1. The van der Waals surface area contributed by atoms with E-state index in [0.29, 0.717) is 17.7 Å². The van der Waals surface area contributed by atoms with Crippen molar-refractivity contribution in [3.63, 3.8) is 0 Å². The topological polar surface area (TPSA) is 75.3 Å². The molecule has 0 fully saturated rings. The molecule has 18 heavy (non-hydrogen) atoms. The van der Waals surface area contributed by atoms with E-state index in [1.807, 2.05) is 20.8 Å². The monoisotopic (exact) mass is 250 g/mol. The first-order chi connectivity index (χ1) is 8.36. The quantitative estimate of drug-likeness (QED) is 0.713. The van der Waals surface area contributed by atoms with Crippen molar-refractivity contribution in [2.24, 2.45) is 5.41 Å². The fourth-order valence-corrected chi connectivity index (χ4v) is 1.79. The van der Waals surface area contributed by atoms with Gasteiger partial charge in [0.05, 0.1) is 5.56 Å². The Balaban J connectivity index is 2.82. The van der Waals surface area contributed by atoms with E-state index < -0.39 is 0 Å². The van der Waals surface area contributed by atoms with Gasteiger partial charge in [0.25, 0.3) is 5.91 Å². The molecule has 0 saturated carbocycles. The van der Waals surface area contributed by atoms with E-state index in [-0.39, 0.29) is 24.0 Å². The summed E-state index contributed by atoms with van der Waals surface area (Å²) in [5.41, 5.74) is 6.60. The molecule has 0 saturated heterocycles. The second-order valence-corrected chi connectivity index (χ2v) is 5.49. The van der Waals surface area contributed by atoms with E-state index in [2.05, 4.69) is 5.32 Å². The molecule has 1 atom stereocenters. The number of benzene rings is 1. The molecule has 1 rings (SSSR count). The molecule has 0 aliphatic rings. The molecule has 0 aromatic heterocycles. The summed E-state index contributed by atoms with van der Waals surface area (Å²) in [7, 11) is 0. The van der Waals surface area contributed by atoms with Gasteiger partial charge in [0.1, 0.15) is 0 Å². The van der Waals surface area contributed by atoms with Gasteiger partial charge in [-0.2, -0.15) is 0 Å². The Labute approximate surface area is 108 Å². The molecule has 4 nitrogen and oxygen atoms in total. The zero-order valence-electron chi connectivity index (χ0n) is 11.2. The molecule has 0 spiro atoms. The zero-order valence-corrected chi connectivity index (χ0v) is 11.2. The van der Waals surface area contributed by atoms with Crippen molar-refractivity contribution in [3.05, 3.63) is 29.8 Å². The lowest BCUT2D eigenvalue weighted by Gasteiger charge is -2.31. The predicted molar refractivity (Wildman–Crippen MR) is 73.3 cm³/mol. The second-order valence-electron chi connectivity index (χ2n) is 5.49. The predicted octanol–water partition coefficient (Wildman–Crippen LogP) is 1.80. The largest absolute Gasteiger partial charge is 0.398 e. The molecule has 1 aromatic rings. The Morgan fingerprint density at radius 1 is 1.39 bits per heavy atom. The number of aliphatic hydroxyl groups is 1. The highest BCUT2D eigenvalue weighted by molar-refractivity contribution is 5.99. The molecule has 0 aliphatic carbocycles. The summed E-state index contributed by atoms with van der Waals surface area (Å²) in [6, 6.07) is 6.88. The van der Waals surface area contributed by atoms with Gasteiger partial charge in [0, 0.05) is 18.3 Å². The van der Waals surface area contributed by atoms with Crippen molar-refractivity contribution in [1.82, 2.24) is 5.32 Å². The van der Waals surface area contributed by atoms with Gasteiger partial charge >= 0.3 is 0 Å². The summed E-state index contributed by atoms with van der Waals surface area (Å²) in [5.74, 6) is -0.193. The van der Waals surface area contributed by atoms with Crippen molar-refractivity contribution in [2.45, 2.75) is 33.2 Å². The van der Waals surface area contributed by atoms with Crippen molar-refractivity contribution >= 4 is 11.6 Å². The van der Waals surface area contributed by atoms with E-state index in [9.17, 15) is 4.79 Å². The average molecular weight is 250 g/mol.